The number of anilines is 1. The number of aryl methyl sites for hydroxylation is 1. The molecule has 0 N–H and O–H groups in total. The number of hydrogen-bond donors (Lipinski definition) is 0. The fourth-order valence-corrected chi connectivity index (χ4v) is 4.55. The Morgan fingerprint density at radius 3 is 2.90 bits per heavy atom. The van der Waals surface area contributed by atoms with E-state index in [1.165, 1.54) is 6.07 Å². The minimum atomic E-state index is -0.399. The Bertz CT molecular complexity index is 1360. The molecule has 3 aromatic heterocycles. The van der Waals surface area contributed by atoms with E-state index >= 15 is 0 Å². The lowest BCUT2D eigenvalue weighted by molar-refractivity contribution is 0.633. The first-order valence-corrected chi connectivity index (χ1v) is 10.5. The van der Waals surface area contributed by atoms with Crippen molar-refractivity contribution in [3.05, 3.63) is 47.5 Å². The molecule has 154 valence electrons. The highest BCUT2D eigenvalue weighted by Crippen LogP contribution is 2.33. The van der Waals surface area contributed by atoms with E-state index in [1.54, 1.807) is 30.2 Å². The van der Waals surface area contributed by atoms with Crippen molar-refractivity contribution in [1.29, 1.82) is 5.26 Å². The Hall–Kier alpha value is -3.18. The molecule has 0 saturated carbocycles. The lowest BCUT2D eigenvalue weighted by Crippen LogP contribution is -2.40. The van der Waals surface area contributed by atoms with Gasteiger partial charge >= 0.3 is 0 Å². The van der Waals surface area contributed by atoms with Crippen LogP contribution in [0.1, 0.15) is 6.92 Å². The SMILES string of the molecule is CC1CN(c2cnc3nc(-c4cc(F)c5nn(C)cc5c4)cc(Cl)c3c2)CCB1C#N. The summed E-state index contributed by atoms with van der Waals surface area (Å²) < 4.78 is 16.1. The highest BCUT2D eigenvalue weighted by molar-refractivity contribution is 6.68. The third-order valence-electron chi connectivity index (χ3n) is 6.01. The summed E-state index contributed by atoms with van der Waals surface area (Å²) in [6.45, 7) is 3.81. The molecule has 1 fully saturated rings. The van der Waals surface area contributed by atoms with Gasteiger partial charge in [-0.1, -0.05) is 18.5 Å². The summed E-state index contributed by atoms with van der Waals surface area (Å²) >= 11 is 6.61. The fraction of sp³-hybridized carbons (Fsp3) is 0.273. The van der Waals surface area contributed by atoms with E-state index < -0.39 is 5.82 Å². The van der Waals surface area contributed by atoms with Gasteiger partial charge in [0.2, 0.25) is 0 Å². The van der Waals surface area contributed by atoms with Crippen molar-refractivity contribution in [1.82, 2.24) is 19.7 Å². The van der Waals surface area contributed by atoms with Gasteiger partial charge in [0.25, 0.3) is 6.71 Å². The Labute approximate surface area is 184 Å². The quantitative estimate of drug-likeness (QED) is 0.428. The molecule has 31 heavy (non-hydrogen) atoms. The maximum Gasteiger partial charge on any atom is 0.274 e. The first kappa shape index (κ1) is 19.8. The van der Waals surface area contributed by atoms with Crippen LogP contribution < -0.4 is 4.90 Å². The number of benzene rings is 1. The largest absolute Gasteiger partial charge is 0.371 e. The zero-order valence-corrected chi connectivity index (χ0v) is 17.9. The molecule has 0 spiro atoms. The van der Waals surface area contributed by atoms with E-state index in [1.807, 2.05) is 12.1 Å². The molecule has 1 saturated heterocycles. The number of rotatable bonds is 2. The van der Waals surface area contributed by atoms with Crippen LogP contribution in [0.15, 0.2) is 36.7 Å². The Kier molecular flexibility index (Phi) is 4.79. The van der Waals surface area contributed by atoms with E-state index in [2.05, 4.69) is 32.9 Å². The predicted molar refractivity (Wildman–Crippen MR) is 122 cm³/mol. The molecule has 4 heterocycles. The molecular weight excluding hydrogens is 414 g/mol. The first-order valence-electron chi connectivity index (χ1n) is 10.2. The van der Waals surface area contributed by atoms with Crippen LogP contribution in [0.5, 0.6) is 0 Å². The van der Waals surface area contributed by atoms with E-state index in [-0.39, 0.29) is 6.71 Å². The van der Waals surface area contributed by atoms with Crippen LogP contribution in [0.4, 0.5) is 10.1 Å². The molecule has 0 aliphatic carbocycles. The van der Waals surface area contributed by atoms with Gasteiger partial charge in [0.15, 0.2) is 11.5 Å². The van der Waals surface area contributed by atoms with Crippen LogP contribution in [-0.2, 0) is 7.05 Å². The minimum Gasteiger partial charge on any atom is -0.371 e. The van der Waals surface area contributed by atoms with E-state index in [4.69, 9.17) is 11.6 Å². The van der Waals surface area contributed by atoms with Gasteiger partial charge in [0.05, 0.1) is 22.6 Å². The third kappa shape index (κ3) is 3.49. The van der Waals surface area contributed by atoms with Gasteiger partial charge in [-0.3, -0.25) is 4.68 Å². The maximum absolute atomic E-state index is 14.5. The van der Waals surface area contributed by atoms with Crippen molar-refractivity contribution < 1.29 is 4.39 Å². The molecule has 0 bridgehead atoms. The second-order valence-corrected chi connectivity index (χ2v) is 8.61. The van der Waals surface area contributed by atoms with Gasteiger partial charge in [-0.25, -0.2) is 19.6 Å². The number of pyridine rings is 2. The molecule has 1 unspecified atom stereocenters. The van der Waals surface area contributed by atoms with Crippen LogP contribution in [0, 0.1) is 17.0 Å². The summed E-state index contributed by atoms with van der Waals surface area (Å²) in [5.41, 5.74) is 2.99. The summed E-state index contributed by atoms with van der Waals surface area (Å²) in [7, 11) is 1.76. The molecule has 6 nitrogen and oxygen atoms in total. The normalized spacial score (nSPS) is 16.8. The topological polar surface area (TPSA) is 70.6 Å². The van der Waals surface area contributed by atoms with Crippen LogP contribution in [0.25, 0.3) is 33.2 Å². The number of fused-ring (bicyclic) bond motifs is 2. The number of nitriles is 1. The molecule has 1 aliphatic rings. The third-order valence-corrected chi connectivity index (χ3v) is 6.32. The van der Waals surface area contributed by atoms with Crippen molar-refractivity contribution in [2.24, 2.45) is 7.05 Å². The monoisotopic (exact) mass is 432 g/mol. The fourth-order valence-electron chi connectivity index (χ4n) is 4.31. The zero-order valence-electron chi connectivity index (χ0n) is 17.2. The molecule has 1 atom stereocenters. The average Bonchev–Trinajstić information content (AvgIpc) is 3.14. The lowest BCUT2D eigenvalue weighted by Gasteiger charge is -2.34. The number of halogens is 2. The van der Waals surface area contributed by atoms with E-state index in [0.29, 0.717) is 38.6 Å². The molecule has 0 radical (unpaired) electrons. The van der Waals surface area contributed by atoms with Gasteiger partial charge in [-0.2, -0.15) is 5.10 Å². The molecule has 1 aromatic carbocycles. The molecule has 1 aliphatic heterocycles. The standard InChI is InChI=1S/C22H19BClFN6/c1-13-10-31(4-3-23(13)12-26)16-7-17-18(24)8-20(28-22(17)27-9-16)14-5-15-11-30(2)29-21(15)19(25)6-14/h5-9,11,13H,3-4,10H2,1-2H3. The predicted octanol–water partition coefficient (Wildman–Crippen LogP) is 4.74. The maximum atomic E-state index is 14.5. The number of nitrogens with zero attached hydrogens (tertiary/aromatic N) is 6. The summed E-state index contributed by atoms with van der Waals surface area (Å²) in [6, 6.07) is 7.02. The van der Waals surface area contributed by atoms with Gasteiger partial charge in [-0.05, 0) is 36.4 Å². The second kappa shape index (κ2) is 7.50. The molecule has 0 amide bonds. The van der Waals surface area contributed by atoms with Crippen LogP contribution in [0.3, 0.4) is 0 Å². The van der Waals surface area contributed by atoms with Gasteiger partial charge in [-0.15, -0.1) is 0 Å². The zero-order chi connectivity index (χ0) is 21.7. The summed E-state index contributed by atoms with van der Waals surface area (Å²) in [5, 5.41) is 15.4. The smallest absolute Gasteiger partial charge is 0.274 e. The van der Waals surface area contributed by atoms with Gasteiger partial charge in [0, 0.05) is 48.6 Å². The highest BCUT2D eigenvalue weighted by Gasteiger charge is 2.30. The Morgan fingerprint density at radius 1 is 1.29 bits per heavy atom. The van der Waals surface area contributed by atoms with Crippen LogP contribution in [0.2, 0.25) is 17.2 Å². The number of aromatic nitrogens is 4. The summed E-state index contributed by atoms with van der Waals surface area (Å²) in [4.78, 5) is 11.4. The van der Waals surface area contributed by atoms with Crippen molar-refractivity contribution in [3.8, 4) is 17.2 Å². The van der Waals surface area contributed by atoms with E-state index in [0.717, 1.165) is 30.5 Å². The molecule has 5 rings (SSSR count). The van der Waals surface area contributed by atoms with Gasteiger partial charge < -0.3 is 4.90 Å². The molecular formula is C22H19BClFN6. The Morgan fingerprint density at radius 2 is 2.13 bits per heavy atom. The highest BCUT2D eigenvalue weighted by atomic mass is 35.5. The van der Waals surface area contributed by atoms with Crippen molar-refractivity contribution in [3.63, 3.8) is 0 Å². The average molecular weight is 433 g/mol. The van der Waals surface area contributed by atoms with Crippen LogP contribution in [-0.4, -0.2) is 39.6 Å². The molecule has 9 heteroatoms. The summed E-state index contributed by atoms with van der Waals surface area (Å²) in [6.07, 6.45) is 4.40. The van der Waals surface area contributed by atoms with Gasteiger partial charge in [0.1, 0.15) is 5.52 Å². The first-order chi connectivity index (χ1) is 14.9. The summed E-state index contributed by atoms with van der Waals surface area (Å²) in [5.74, 6) is 2.29. The van der Waals surface area contributed by atoms with Crippen molar-refractivity contribution >= 4 is 45.9 Å². The lowest BCUT2D eigenvalue weighted by atomic mass is 9.39. The van der Waals surface area contributed by atoms with Crippen molar-refractivity contribution in [2.45, 2.75) is 19.1 Å². The second-order valence-electron chi connectivity index (χ2n) is 8.20. The Balaban J connectivity index is 1.52. The van der Waals surface area contributed by atoms with Crippen LogP contribution >= 0.6 is 11.6 Å². The number of hydrogen-bond acceptors (Lipinski definition) is 5. The van der Waals surface area contributed by atoms with E-state index in [9.17, 15) is 9.65 Å². The minimum absolute atomic E-state index is 0.0926. The van der Waals surface area contributed by atoms with Crippen molar-refractivity contribution in [2.75, 3.05) is 18.0 Å². The molecule has 4 aromatic rings.